The van der Waals surface area contributed by atoms with E-state index in [-0.39, 0.29) is 24.8 Å². The molecule has 0 unspecified atom stereocenters. The normalized spacial score (nSPS) is 19.8. The van der Waals surface area contributed by atoms with Gasteiger partial charge in [0.15, 0.2) is 11.5 Å². The molecule has 26 heavy (non-hydrogen) atoms. The number of rotatable bonds is 6. The number of nitrogens with zero attached hydrogens (tertiary/aromatic N) is 1. The van der Waals surface area contributed by atoms with Crippen LogP contribution < -0.4 is 14.8 Å². The predicted molar refractivity (Wildman–Crippen MR) is 112 cm³/mol. The molecule has 0 amide bonds. The molecule has 1 atom stereocenters. The van der Waals surface area contributed by atoms with Crippen molar-refractivity contribution >= 4 is 24.8 Å². The van der Waals surface area contributed by atoms with Crippen molar-refractivity contribution in [1.29, 1.82) is 0 Å². The van der Waals surface area contributed by atoms with Gasteiger partial charge in [-0.1, -0.05) is 25.3 Å². The molecule has 1 aliphatic heterocycles. The Hall–Kier alpha value is -0.680. The molecule has 0 spiro atoms. The topological polar surface area (TPSA) is 33.7 Å². The van der Waals surface area contributed by atoms with E-state index in [4.69, 9.17) is 9.47 Å². The first-order valence-corrected chi connectivity index (χ1v) is 9.59. The number of halogens is 2. The first-order valence-electron chi connectivity index (χ1n) is 9.59. The van der Waals surface area contributed by atoms with Gasteiger partial charge in [0.1, 0.15) is 0 Å². The summed E-state index contributed by atoms with van der Waals surface area (Å²) >= 11 is 0. The lowest BCUT2D eigenvalue weighted by atomic mass is 9.80. The molecule has 1 aromatic rings. The highest BCUT2D eigenvalue weighted by atomic mass is 35.5. The minimum Gasteiger partial charge on any atom is -0.493 e. The first kappa shape index (κ1) is 23.4. The molecule has 1 aliphatic carbocycles. The van der Waals surface area contributed by atoms with Crippen molar-refractivity contribution in [2.45, 2.75) is 45.1 Å². The minimum atomic E-state index is 0. The molecule has 2 fully saturated rings. The van der Waals surface area contributed by atoms with E-state index in [9.17, 15) is 0 Å². The van der Waals surface area contributed by atoms with Crippen LogP contribution in [0.5, 0.6) is 11.5 Å². The Balaban J connectivity index is 0.00000169. The summed E-state index contributed by atoms with van der Waals surface area (Å²) in [5.41, 5.74) is 1.39. The summed E-state index contributed by atoms with van der Waals surface area (Å²) in [6.45, 7) is 7.14. The number of ether oxygens (including phenoxy) is 2. The molecule has 0 aromatic heterocycles. The van der Waals surface area contributed by atoms with Gasteiger partial charge in [0.2, 0.25) is 0 Å². The molecule has 3 rings (SSSR count). The SMILES string of the molecule is CCOc1ccc([C@H](C2CCCCC2)N2CCNCC2)cc1OC.Cl.Cl. The molecule has 1 aromatic carbocycles. The van der Waals surface area contributed by atoms with Crippen molar-refractivity contribution in [2.75, 3.05) is 39.9 Å². The zero-order valence-corrected chi connectivity index (χ0v) is 17.7. The monoisotopic (exact) mass is 404 g/mol. The van der Waals surface area contributed by atoms with E-state index in [0.29, 0.717) is 12.6 Å². The number of nitrogens with one attached hydrogen (secondary N) is 1. The third kappa shape index (κ3) is 5.66. The highest BCUT2D eigenvalue weighted by Gasteiger charge is 2.31. The molecular weight excluding hydrogens is 371 g/mol. The van der Waals surface area contributed by atoms with Crippen molar-refractivity contribution in [1.82, 2.24) is 10.2 Å². The smallest absolute Gasteiger partial charge is 0.161 e. The van der Waals surface area contributed by atoms with E-state index in [1.165, 1.54) is 37.7 Å². The Labute approximate surface area is 170 Å². The Morgan fingerprint density at radius 1 is 1.08 bits per heavy atom. The van der Waals surface area contributed by atoms with Gasteiger partial charge in [-0.3, -0.25) is 4.90 Å². The van der Waals surface area contributed by atoms with Crippen LogP contribution in [0, 0.1) is 5.92 Å². The molecule has 1 saturated carbocycles. The highest BCUT2D eigenvalue weighted by molar-refractivity contribution is 5.85. The van der Waals surface area contributed by atoms with Crippen LogP contribution in [0.25, 0.3) is 0 Å². The van der Waals surface area contributed by atoms with Crippen LogP contribution >= 0.6 is 24.8 Å². The van der Waals surface area contributed by atoms with Gasteiger partial charge in [0, 0.05) is 32.2 Å². The lowest BCUT2D eigenvalue weighted by Crippen LogP contribution is -2.47. The van der Waals surface area contributed by atoms with Gasteiger partial charge in [-0.2, -0.15) is 0 Å². The fraction of sp³-hybridized carbons (Fsp3) is 0.700. The molecule has 6 heteroatoms. The van der Waals surface area contributed by atoms with Crippen LogP contribution in [-0.4, -0.2) is 44.8 Å². The minimum absolute atomic E-state index is 0. The van der Waals surface area contributed by atoms with E-state index in [1.54, 1.807) is 7.11 Å². The van der Waals surface area contributed by atoms with Crippen molar-refractivity contribution in [3.05, 3.63) is 23.8 Å². The summed E-state index contributed by atoms with van der Waals surface area (Å²) in [4.78, 5) is 2.68. The summed E-state index contributed by atoms with van der Waals surface area (Å²) in [6, 6.07) is 7.08. The van der Waals surface area contributed by atoms with Gasteiger partial charge < -0.3 is 14.8 Å². The summed E-state index contributed by atoms with van der Waals surface area (Å²) in [5.74, 6) is 2.48. The summed E-state index contributed by atoms with van der Waals surface area (Å²) < 4.78 is 11.3. The third-order valence-corrected chi connectivity index (χ3v) is 5.47. The van der Waals surface area contributed by atoms with Gasteiger partial charge in [0.25, 0.3) is 0 Å². The van der Waals surface area contributed by atoms with Gasteiger partial charge in [-0.05, 0) is 43.4 Å². The number of hydrogen-bond donors (Lipinski definition) is 1. The van der Waals surface area contributed by atoms with Crippen LogP contribution in [0.4, 0.5) is 0 Å². The molecule has 2 aliphatic rings. The van der Waals surface area contributed by atoms with E-state index >= 15 is 0 Å². The van der Waals surface area contributed by atoms with Crippen molar-refractivity contribution in [3.63, 3.8) is 0 Å². The van der Waals surface area contributed by atoms with Gasteiger partial charge in [-0.25, -0.2) is 0 Å². The molecule has 1 heterocycles. The summed E-state index contributed by atoms with van der Waals surface area (Å²) in [5, 5.41) is 3.49. The van der Waals surface area contributed by atoms with E-state index < -0.39 is 0 Å². The fourth-order valence-electron chi connectivity index (χ4n) is 4.33. The summed E-state index contributed by atoms with van der Waals surface area (Å²) in [7, 11) is 1.74. The van der Waals surface area contributed by atoms with Gasteiger partial charge in [-0.15, -0.1) is 24.8 Å². The second-order valence-electron chi connectivity index (χ2n) is 6.97. The second-order valence-corrected chi connectivity index (χ2v) is 6.97. The molecule has 0 bridgehead atoms. The average molecular weight is 405 g/mol. The predicted octanol–water partition coefficient (Wildman–Crippen LogP) is 4.46. The van der Waals surface area contributed by atoms with Crippen LogP contribution in [0.15, 0.2) is 18.2 Å². The lowest BCUT2D eigenvalue weighted by Gasteiger charge is -2.41. The Bertz CT molecular complexity index is 501. The van der Waals surface area contributed by atoms with Crippen LogP contribution in [0.1, 0.15) is 50.6 Å². The van der Waals surface area contributed by atoms with Crippen molar-refractivity contribution < 1.29 is 9.47 Å². The zero-order chi connectivity index (χ0) is 16.8. The van der Waals surface area contributed by atoms with E-state index in [1.807, 2.05) is 6.92 Å². The molecule has 0 radical (unpaired) electrons. The second kappa shape index (κ2) is 11.9. The van der Waals surface area contributed by atoms with Crippen LogP contribution in [0.3, 0.4) is 0 Å². The average Bonchev–Trinajstić information content (AvgIpc) is 2.65. The van der Waals surface area contributed by atoms with Crippen molar-refractivity contribution in [2.24, 2.45) is 5.92 Å². The molecule has 1 N–H and O–H groups in total. The fourth-order valence-corrected chi connectivity index (χ4v) is 4.33. The molecule has 1 saturated heterocycles. The van der Waals surface area contributed by atoms with Crippen molar-refractivity contribution in [3.8, 4) is 11.5 Å². The lowest BCUT2D eigenvalue weighted by molar-refractivity contribution is 0.103. The van der Waals surface area contributed by atoms with Gasteiger partial charge >= 0.3 is 0 Å². The Kier molecular flexibility index (Phi) is 10.7. The number of methoxy groups -OCH3 is 1. The zero-order valence-electron chi connectivity index (χ0n) is 16.0. The quantitative estimate of drug-likeness (QED) is 0.758. The molecule has 150 valence electrons. The van der Waals surface area contributed by atoms with Crippen LogP contribution in [0.2, 0.25) is 0 Å². The van der Waals surface area contributed by atoms with E-state index in [2.05, 4.69) is 28.4 Å². The third-order valence-electron chi connectivity index (χ3n) is 5.47. The maximum atomic E-state index is 5.70. The van der Waals surface area contributed by atoms with Crippen LogP contribution in [-0.2, 0) is 0 Å². The standard InChI is InChI=1S/C20H32N2O2.2ClH/c1-3-24-18-10-9-17(15-19(18)23-2)20(16-7-5-4-6-8-16)22-13-11-21-12-14-22;;/h9-10,15-16,20-21H,3-8,11-14H2,1-2H3;2*1H/t20-;;/m0../s1. The maximum Gasteiger partial charge on any atom is 0.161 e. The number of piperazine rings is 1. The molecule has 4 nitrogen and oxygen atoms in total. The Morgan fingerprint density at radius 2 is 1.77 bits per heavy atom. The Morgan fingerprint density at radius 3 is 2.38 bits per heavy atom. The summed E-state index contributed by atoms with van der Waals surface area (Å²) in [6.07, 6.45) is 6.86. The first-order chi connectivity index (χ1) is 11.8. The largest absolute Gasteiger partial charge is 0.493 e. The molecular formula is C20H34Cl2N2O2. The number of hydrogen-bond acceptors (Lipinski definition) is 4. The van der Waals surface area contributed by atoms with Gasteiger partial charge in [0.05, 0.1) is 13.7 Å². The highest BCUT2D eigenvalue weighted by Crippen LogP contribution is 2.41. The number of benzene rings is 1. The maximum absolute atomic E-state index is 5.70. The van der Waals surface area contributed by atoms with E-state index in [0.717, 1.165) is 43.6 Å².